The van der Waals surface area contributed by atoms with E-state index in [0.717, 1.165) is 16.8 Å². The predicted octanol–water partition coefficient (Wildman–Crippen LogP) is 2.73. The van der Waals surface area contributed by atoms with Gasteiger partial charge in [0.05, 0.1) is 5.69 Å². The molecule has 1 aromatic heterocycles. The summed E-state index contributed by atoms with van der Waals surface area (Å²) in [4.78, 5) is 11.4. The summed E-state index contributed by atoms with van der Waals surface area (Å²) in [6, 6.07) is 11.5. The Morgan fingerprint density at radius 1 is 1.12 bits per heavy atom. The SMILES string of the molecule is CC(C)(C)c1n[nH]c(=O)cc1-c1ccccc1. The van der Waals surface area contributed by atoms with Crippen molar-refractivity contribution < 1.29 is 0 Å². The summed E-state index contributed by atoms with van der Waals surface area (Å²) >= 11 is 0. The molecule has 0 aliphatic heterocycles. The van der Waals surface area contributed by atoms with Gasteiger partial charge in [0.2, 0.25) is 0 Å². The number of nitrogens with one attached hydrogen (secondary N) is 1. The Morgan fingerprint density at radius 3 is 2.35 bits per heavy atom. The molecule has 0 unspecified atom stereocenters. The summed E-state index contributed by atoms with van der Waals surface area (Å²) in [5.41, 5.74) is 2.56. The molecule has 1 N–H and O–H groups in total. The maximum absolute atomic E-state index is 11.4. The van der Waals surface area contributed by atoms with Gasteiger partial charge in [-0.15, -0.1) is 0 Å². The summed E-state index contributed by atoms with van der Waals surface area (Å²) in [5, 5.41) is 6.70. The van der Waals surface area contributed by atoms with Crippen molar-refractivity contribution in [1.29, 1.82) is 0 Å². The summed E-state index contributed by atoms with van der Waals surface area (Å²) in [6.07, 6.45) is 0. The summed E-state index contributed by atoms with van der Waals surface area (Å²) in [5.74, 6) is 0. The van der Waals surface area contributed by atoms with E-state index in [9.17, 15) is 4.79 Å². The second-order valence-electron chi connectivity index (χ2n) is 5.11. The Kier molecular flexibility index (Phi) is 2.84. The zero-order valence-corrected chi connectivity index (χ0v) is 10.3. The lowest BCUT2D eigenvalue weighted by molar-refractivity contribution is 0.559. The van der Waals surface area contributed by atoms with Gasteiger partial charge in [0.1, 0.15) is 0 Å². The van der Waals surface area contributed by atoms with Crippen LogP contribution in [-0.2, 0) is 5.41 Å². The van der Waals surface area contributed by atoms with Crippen LogP contribution in [0.4, 0.5) is 0 Å². The van der Waals surface area contributed by atoms with E-state index in [1.807, 2.05) is 30.3 Å². The van der Waals surface area contributed by atoms with Crippen LogP contribution in [0.15, 0.2) is 41.2 Å². The van der Waals surface area contributed by atoms with E-state index in [1.54, 1.807) is 6.07 Å². The number of benzene rings is 1. The first-order valence-corrected chi connectivity index (χ1v) is 5.64. The van der Waals surface area contributed by atoms with Gasteiger partial charge in [-0.25, -0.2) is 5.10 Å². The quantitative estimate of drug-likeness (QED) is 0.815. The van der Waals surface area contributed by atoms with Gasteiger partial charge in [-0.3, -0.25) is 4.79 Å². The molecule has 0 radical (unpaired) electrons. The highest BCUT2D eigenvalue weighted by atomic mass is 16.1. The van der Waals surface area contributed by atoms with Crippen LogP contribution < -0.4 is 5.56 Å². The van der Waals surface area contributed by atoms with Gasteiger partial charge in [-0.05, 0) is 5.56 Å². The molecule has 2 aromatic rings. The summed E-state index contributed by atoms with van der Waals surface area (Å²) < 4.78 is 0. The van der Waals surface area contributed by atoms with Crippen molar-refractivity contribution in [3.8, 4) is 11.1 Å². The Hall–Kier alpha value is -1.90. The Morgan fingerprint density at radius 2 is 1.76 bits per heavy atom. The molecule has 0 saturated heterocycles. The van der Waals surface area contributed by atoms with Gasteiger partial charge in [0, 0.05) is 17.0 Å². The average Bonchev–Trinajstić information content (AvgIpc) is 2.28. The lowest BCUT2D eigenvalue weighted by atomic mass is 9.86. The van der Waals surface area contributed by atoms with E-state index in [0.29, 0.717) is 0 Å². The van der Waals surface area contributed by atoms with Crippen LogP contribution in [0.2, 0.25) is 0 Å². The third-order valence-electron chi connectivity index (χ3n) is 2.60. The molecule has 1 aromatic carbocycles. The first kappa shape index (κ1) is 11.6. The van der Waals surface area contributed by atoms with Crippen molar-refractivity contribution in [1.82, 2.24) is 10.2 Å². The fraction of sp³-hybridized carbons (Fsp3) is 0.286. The topological polar surface area (TPSA) is 45.8 Å². The fourth-order valence-electron chi connectivity index (χ4n) is 1.81. The fourth-order valence-corrected chi connectivity index (χ4v) is 1.81. The molecule has 3 nitrogen and oxygen atoms in total. The van der Waals surface area contributed by atoms with Gasteiger partial charge in [0.15, 0.2) is 0 Å². The molecule has 3 heteroatoms. The molecule has 0 aliphatic carbocycles. The van der Waals surface area contributed by atoms with Crippen LogP contribution in [0.1, 0.15) is 26.5 Å². The minimum Gasteiger partial charge on any atom is -0.268 e. The third-order valence-corrected chi connectivity index (χ3v) is 2.60. The molecule has 0 bridgehead atoms. The number of aromatic amines is 1. The molecular weight excluding hydrogens is 212 g/mol. The first-order valence-electron chi connectivity index (χ1n) is 5.64. The molecule has 0 amide bonds. The zero-order chi connectivity index (χ0) is 12.5. The van der Waals surface area contributed by atoms with Crippen LogP contribution in [0.3, 0.4) is 0 Å². The number of rotatable bonds is 1. The van der Waals surface area contributed by atoms with Crippen molar-refractivity contribution in [2.24, 2.45) is 0 Å². The van der Waals surface area contributed by atoms with Crippen molar-refractivity contribution in [3.63, 3.8) is 0 Å². The molecule has 0 saturated carbocycles. The maximum Gasteiger partial charge on any atom is 0.264 e. The van der Waals surface area contributed by atoms with Crippen molar-refractivity contribution in [3.05, 3.63) is 52.4 Å². The Bertz CT molecular complexity index is 565. The number of hydrogen-bond acceptors (Lipinski definition) is 2. The molecule has 1 heterocycles. The van der Waals surface area contributed by atoms with Crippen LogP contribution in [0, 0.1) is 0 Å². The first-order chi connectivity index (χ1) is 7.98. The second-order valence-corrected chi connectivity index (χ2v) is 5.11. The number of H-pyrrole nitrogens is 1. The number of aromatic nitrogens is 2. The van der Waals surface area contributed by atoms with E-state index < -0.39 is 0 Å². The Labute approximate surface area is 101 Å². The highest BCUT2D eigenvalue weighted by molar-refractivity contribution is 5.66. The maximum atomic E-state index is 11.4. The van der Waals surface area contributed by atoms with Gasteiger partial charge in [-0.2, -0.15) is 5.10 Å². The summed E-state index contributed by atoms with van der Waals surface area (Å²) in [6.45, 7) is 6.25. The average molecular weight is 228 g/mol. The predicted molar refractivity (Wildman–Crippen MR) is 69.0 cm³/mol. The summed E-state index contributed by atoms with van der Waals surface area (Å²) in [7, 11) is 0. The lowest BCUT2D eigenvalue weighted by Gasteiger charge is -2.20. The molecule has 2 rings (SSSR count). The second kappa shape index (κ2) is 4.17. The van der Waals surface area contributed by atoms with E-state index >= 15 is 0 Å². The van der Waals surface area contributed by atoms with E-state index in [2.05, 4.69) is 31.0 Å². The highest BCUT2D eigenvalue weighted by Crippen LogP contribution is 2.29. The Balaban J connectivity index is 2.68. The molecule has 0 fully saturated rings. The van der Waals surface area contributed by atoms with E-state index in [-0.39, 0.29) is 11.0 Å². The third kappa shape index (κ3) is 2.44. The molecule has 88 valence electrons. The normalized spacial score (nSPS) is 11.5. The van der Waals surface area contributed by atoms with Gasteiger partial charge in [0.25, 0.3) is 5.56 Å². The number of nitrogens with zero attached hydrogens (tertiary/aromatic N) is 1. The van der Waals surface area contributed by atoms with Gasteiger partial charge >= 0.3 is 0 Å². The van der Waals surface area contributed by atoms with Gasteiger partial charge < -0.3 is 0 Å². The highest BCUT2D eigenvalue weighted by Gasteiger charge is 2.21. The molecule has 17 heavy (non-hydrogen) atoms. The standard InChI is InChI=1S/C14H16N2O/c1-14(2,3)13-11(9-12(17)15-16-13)10-7-5-4-6-8-10/h4-9H,1-3H3,(H,15,17). The largest absolute Gasteiger partial charge is 0.268 e. The lowest BCUT2D eigenvalue weighted by Crippen LogP contribution is -2.20. The zero-order valence-electron chi connectivity index (χ0n) is 10.3. The van der Waals surface area contributed by atoms with E-state index in [4.69, 9.17) is 0 Å². The molecule has 0 spiro atoms. The van der Waals surface area contributed by atoms with Crippen LogP contribution in [-0.4, -0.2) is 10.2 Å². The smallest absolute Gasteiger partial charge is 0.264 e. The molecule has 0 atom stereocenters. The monoisotopic (exact) mass is 228 g/mol. The molecular formula is C14H16N2O. The number of hydrogen-bond donors (Lipinski definition) is 1. The minimum absolute atomic E-state index is 0.102. The van der Waals surface area contributed by atoms with Crippen molar-refractivity contribution in [2.45, 2.75) is 26.2 Å². The van der Waals surface area contributed by atoms with Crippen LogP contribution >= 0.6 is 0 Å². The minimum atomic E-state index is -0.170. The van der Waals surface area contributed by atoms with Crippen LogP contribution in [0.5, 0.6) is 0 Å². The van der Waals surface area contributed by atoms with Gasteiger partial charge in [-0.1, -0.05) is 51.1 Å². The molecule has 0 aliphatic rings. The van der Waals surface area contributed by atoms with Crippen molar-refractivity contribution >= 4 is 0 Å². The van der Waals surface area contributed by atoms with Crippen LogP contribution in [0.25, 0.3) is 11.1 Å². The van der Waals surface area contributed by atoms with Crippen molar-refractivity contribution in [2.75, 3.05) is 0 Å². The van der Waals surface area contributed by atoms with E-state index in [1.165, 1.54) is 0 Å².